The third kappa shape index (κ3) is 2.10. The summed E-state index contributed by atoms with van der Waals surface area (Å²) >= 11 is 0. The topological polar surface area (TPSA) is 55.5 Å². The summed E-state index contributed by atoms with van der Waals surface area (Å²) in [6, 6.07) is 0.0556. The van der Waals surface area contributed by atoms with E-state index in [1.807, 2.05) is 0 Å². The number of hydrogen-bond acceptors (Lipinski definition) is 3. The average Bonchev–Trinajstić information content (AvgIpc) is 2.14. The lowest BCUT2D eigenvalue weighted by molar-refractivity contribution is 0.161. The SMILES string of the molecule is Cl.N[C@@H]1COC[C@H]1CO. The summed E-state index contributed by atoms with van der Waals surface area (Å²) in [5, 5.41) is 8.58. The zero-order chi connectivity index (χ0) is 5.98. The molecular formula is C5H12ClNO2. The molecule has 0 radical (unpaired) electrons. The second-order valence-electron chi connectivity index (χ2n) is 2.14. The molecule has 1 fully saturated rings. The minimum Gasteiger partial charge on any atom is -0.396 e. The summed E-state index contributed by atoms with van der Waals surface area (Å²) < 4.78 is 4.98. The molecule has 0 aromatic carbocycles. The van der Waals surface area contributed by atoms with Crippen molar-refractivity contribution in [2.75, 3.05) is 19.8 Å². The predicted octanol–water partition coefficient (Wildman–Crippen LogP) is -0.626. The van der Waals surface area contributed by atoms with Crippen molar-refractivity contribution in [2.45, 2.75) is 6.04 Å². The Morgan fingerprint density at radius 1 is 1.56 bits per heavy atom. The van der Waals surface area contributed by atoms with E-state index in [1.54, 1.807) is 0 Å². The molecule has 4 heteroatoms. The van der Waals surface area contributed by atoms with Gasteiger partial charge in [-0.25, -0.2) is 0 Å². The maximum atomic E-state index is 8.58. The van der Waals surface area contributed by atoms with Crippen molar-refractivity contribution in [3.05, 3.63) is 0 Å². The smallest absolute Gasteiger partial charge is 0.0622 e. The first-order valence-corrected chi connectivity index (χ1v) is 2.78. The number of ether oxygens (including phenoxy) is 1. The maximum Gasteiger partial charge on any atom is 0.0622 e. The first-order valence-electron chi connectivity index (χ1n) is 2.78. The standard InChI is InChI=1S/C5H11NO2.ClH/c6-5-3-8-2-4(5)1-7;/h4-5,7H,1-3,6H2;1H/t4-,5-;/m1./s1. The van der Waals surface area contributed by atoms with Gasteiger partial charge in [-0.2, -0.15) is 0 Å². The molecule has 3 nitrogen and oxygen atoms in total. The first kappa shape index (κ1) is 9.17. The number of aliphatic hydroxyl groups excluding tert-OH is 1. The van der Waals surface area contributed by atoms with Crippen LogP contribution in [0.25, 0.3) is 0 Å². The fraction of sp³-hybridized carbons (Fsp3) is 1.00. The van der Waals surface area contributed by atoms with Gasteiger partial charge < -0.3 is 15.6 Å². The molecule has 1 saturated heterocycles. The van der Waals surface area contributed by atoms with Crippen molar-refractivity contribution >= 4 is 12.4 Å². The van der Waals surface area contributed by atoms with Gasteiger partial charge in [0.2, 0.25) is 0 Å². The summed E-state index contributed by atoms with van der Waals surface area (Å²) in [7, 11) is 0. The number of nitrogens with two attached hydrogens (primary N) is 1. The van der Waals surface area contributed by atoms with Crippen LogP contribution in [0.4, 0.5) is 0 Å². The second kappa shape index (κ2) is 4.06. The first-order chi connectivity index (χ1) is 3.84. The Hall–Kier alpha value is 0.170. The highest BCUT2D eigenvalue weighted by molar-refractivity contribution is 5.85. The molecule has 1 heterocycles. The number of aliphatic hydroxyl groups is 1. The van der Waals surface area contributed by atoms with Crippen molar-refractivity contribution in [1.29, 1.82) is 0 Å². The monoisotopic (exact) mass is 153 g/mol. The van der Waals surface area contributed by atoms with Gasteiger partial charge in [0.15, 0.2) is 0 Å². The van der Waals surface area contributed by atoms with Gasteiger partial charge >= 0.3 is 0 Å². The Morgan fingerprint density at radius 2 is 2.22 bits per heavy atom. The van der Waals surface area contributed by atoms with Crippen LogP contribution in [-0.2, 0) is 4.74 Å². The van der Waals surface area contributed by atoms with E-state index in [0.29, 0.717) is 13.2 Å². The van der Waals surface area contributed by atoms with E-state index in [9.17, 15) is 0 Å². The third-order valence-corrected chi connectivity index (χ3v) is 1.48. The van der Waals surface area contributed by atoms with Gasteiger partial charge in [-0.05, 0) is 0 Å². The summed E-state index contributed by atoms with van der Waals surface area (Å²) in [4.78, 5) is 0. The molecule has 1 aliphatic heterocycles. The van der Waals surface area contributed by atoms with Crippen LogP contribution < -0.4 is 5.73 Å². The Kier molecular flexibility index (Phi) is 4.14. The summed E-state index contributed by atoms with van der Waals surface area (Å²) in [5.74, 6) is 0.176. The van der Waals surface area contributed by atoms with Crippen molar-refractivity contribution in [1.82, 2.24) is 0 Å². The van der Waals surface area contributed by atoms with Crippen LogP contribution in [0.5, 0.6) is 0 Å². The van der Waals surface area contributed by atoms with E-state index >= 15 is 0 Å². The zero-order valence-electron chi connectivity index (χ0n) is 5.12. The fourth-order valence-corrected chi connectivity index (χ4v) is 0.803. The normalized spacial score (nSPS) is 34.0. The molecule has 0 aromatic heterocycles. The van der Waals surface area contributed by atoms with Crippen LogP contribution >= 0.6 is 12.4 Å². The van der Waals surface area contributed by atoms with Crippen molar-refractivity contribution in [3.8, 4) is 0 Å². The molecule has 0 amide bonds. The quantitative estimate of drug-likeness (QED) is 0.528. The highest BCUT2D eigenvalue weighted by atomic mass is 35.5. The Morgan fingerprint density at radius 3 is 2.44 bits per heavy atom. The number of halogens is 1. The molecule has 56 valence electrons. The maximum absolute atomic E-state index is 8.58. The van der Waals surface area contributed by atoms with E-state index in [0.717, 1.165) is 0 Å². The zero-order valence-corrected chi connectivity index (χ0v) is 5.93. The average molecular weight is 154 g/mol. The van der Waals surface area contributed by atoms with Crippen molar-refractivity contribution < 1.29 is 9.84 Å². The van der Waals surface area contributed by atoms with Gasteiger partial charge in [-0.1, -0.05) is 0 Å². The minimum absolute atomic E-state index is 0. The minimum atomic E-state index is 0. The molecule has 0 unspecified atom stereocenters. The summed E-state index contributed by atoms with van der Waals surface area (Å²) in [6.07, 6.45) is 0. The molecule has 1 rings (SSSR count). The fourth-order valence-electron chi connectivity index (χ4n) is 0.803. The van der Waals surface area contributed by atoms with Crippen LogP contribution in [0.15, 0.2) is 0 Å². The Labute approximate surface area is 60.6 Å². The Bertz CT molecular complexity index is 81.4. The Balaban J connectivity index is 0.000000640. The van der Waals surface area contributed by atoms with Crippen LogP contribution in [0.3, 0.4) is 0 Å². The lowest BCUT2D eigenvalue weighted by atomic mass is 10.1. The molecular weight excluding hydrogens is 142 g/mol. The van der Waals surface area contributed by atoms with E-state index < -0.39 is 0 Å². The lowest BCUT2D eigenvalue weighted by Gasteiger charge is -2.06. The number of hydrogen-bond donors (Lipinski definition) is 2. The molecule has 0 aromatic rings. The van der Waals surface area contributed by atoms with Crippen LogP contribution in [0.1, 0.15) is 0 Å². The van der Waals surface area contributed by atoms with E-state index in [2.05, 4.69) is 0 Å². The van der Waals surface area contributed by atoms with Gasteiger partial charge in [0.25, 0.3) is 0 Å². The predicted molar refractivity (Wildman–Crippen MR) is 36.6 cm³/mol. The van der Waals surface area contributed by atoms with E-state index in [-0.39, 0.29) is 31.0 Å². The molecule has 0 spiro atoms. The van der Waals surface area contributed by atoms with E-state index in [1.165, 1.54) is 0 Å². The largest absolute Gasteiger partial charge is 0.396 e. The molecule has 0 aliphatic carbocycles. The summed E-state index contributed by atoms with van der Waals surface area (Å²) in [6.45, 7) is 1.38. The highest BCUT2D eigenvalue weighted by Gasteiger charge is 2.23. The van der Waals surface area contributed by atoms with Gasteiger partial charge in [0.05, 0.1) is 13.2 Å². The highest BCUT2D eigenvalue weighted by Crippen LogP contribution is 2.09. The van der Waals surface area contributed by atoms with Crippen LogP contribution in [-0.4, -0.2) is 31.0 Å². The molecule has 0 saturated carbocycles. The van der Waals surface area contributed by atoms with Gasteiger partial charge in [0.1, 0.15) is 0 Å². The lowest BCUT2D eigenvalue weighted by Crippen LogP contribution is -2.30. The number of rotatable bonds is 1. The van der Waals surface area contributed by atoms with Crippen LogP contribution in [0, 0.1) is 5.92 Å². The van der Waals surface area contributed by atoms with Crippen molar-refractivity contribution in [2.24, 2.45) is 11.7 Å². The summed E-state index contributed by atoms with van der Waals surface area (Å²) in [5.41, 5.74) is 5.50. The third-order valence-electron chi connectivity index (χ3n) is 1.48. The van der Waals surface area contributed by atoms with Crippen molar-refractivity contribution in [3.63, 3.8) is 0 Å². The van der Waals surface area contributed by atoms with E-state index in [4.69, 9.17) is 15.6 Å². The molecule has 2 atom stereocenters. The van der Waals surface area contributed by atoms with Gasteiger partial charge in [-0.3, -0.25) is 0 Å². The molecule has 9 heavy (non-hydrogen) atoms. The molecule has 3 N–H and O–H groups in total. The second-order valence-corrected chi connectivity index (χ2v) is 2.14. The van der Waals surface area contributed by atoms with Gasteiger partial charge in [-0.15, -0.1) is 12.4 Å². The molecule has 0 bridgehead atoms. The van der Waals surface area contributed by atoms with Crippen LogP contribution in [0.2, 0.25) is 0 Å². The molecule has 1 aliphatic rings. The van der Waals surface area contributed by atoms with Gasteiger partial charge in [0, 0.05) is 18.6 Å².